The van der Waals surface area contributed by atoms with Gasteiger partial charge < -0.3 is 10.8 Å². The number of phenolic OH excluding ortho intramolecular Hbond substituents is 1. The van der Waals surface area contributed by atoms with Gasteiger partial charge in [0, 0.05) is 11.0 Å². The van der Waals surface area contributed by atoms with Gasteiger partial charge in [-0.2, -0.15) is 0 Å². The minimum atomic E-state index is 0.159. The van der Waals surface area contributed by atoms with E-state index in [-0.39, 0.29) is 5.75 Å². The second-order valence-electron chi connectivity index (χ2n) is 1.80. The molecule has 0 aliphatic rings. The summed E-state index contributed by atoms with van der Waals surface area (Å²) in [5.41, 5.74) is 5.97. The minimum Gasteiger partial charge on any atom is -0.508 e. The summed E-state index contributed by atoms with van der Waals surface area (Å²) in [5, 5.41) is 8.90. The highest BCUT2D eigenvalue weighted by molar-refractivity contribution is 8.21. The SMILES string of the molecule is Nc1cc(O)ccc1SCl. The highest BCUT2D eigenvalue weighted by atomic mass is 35.7. The number of benzene rings is 1. The Morgan fingerprint density at radius 1 is 1.50 bits per heavy atom. The van der Waals surface area contributed by atoms with Crippen LogP contribution in [0, 0.1) is 0 Å². The lowest BCUT2D eigenvalue weighted by Gasteiger charge is -1.99. The molecule has 1 aromatic carbocycles. The molecule has 0 aliphatic carbocycles. The molecule has 0 unspecified atom stereocenters. The fourth-order valence-electron chi connectivity index (χ4n) is 0.606. The first-order valence-corrected chi connectivity index (χ1v) is 4.25. The fraction of sp³-hybridized carbons (Fsp3) is 0. The number of nitrogens with two attached hydrogens (primary N) is 1. The van der Waals surface area contributed by atoms with E-state index in [9.17, 15) is 0 Å². The molecule has 0 bridgehead atoms. The molecule has 0 aliphatic heterocycles. The van der Waals surface area contributed by atoms with Crippen LogP contribution in [0.4, 0.5) is 5.69 Å². The predicted molar refractivity (Wildman–Crippen MR) is 44.2 cm³/mol. The molecule has 2 nitrogen and oxygen atoms in total. The molecule has 0 radical (unpaired) electrons. The maximum Gasteiger partial charge on any atom is 0.117 e. The predicted octanol–water partition coefficient (Wildman–Crippen LogP) is 2.22. The molecule has 0 saturated heterocycles. The topological polar surface area (TPSA) is 46.2 Å². The van der Waals surface area contributed by atoms with E-state index in [1.54, 1.807) is 12.1 Å². The first-order chi connectivity index (χ1) is 4.74. The highest BCUT2D eigenvalue weighted by Crippen LogP contribution is 2.30. The van der Waals surface area contributed by atoms with Crippen molar-refractivity contribution in [2.75, 3.05) is 5.73 Å². The van der Waals surface area contributed by atoms with Gasteiger partial charge in [0.2, 0.25) is 0 Å². The van der Waals surface area contributed by atoms with Crippen molar-refractivity contribution in [2.24, 2.45) is 0 Å². The maximum absolute atomic E-state index is 8.90. The molecule has 0 heterocycles. The molecule has 10 heavy (non-hydrogen) atoms. The fourth-order valence-corrected chi connectivity index (χ4v) is 1.30. The number of aromatic hydroxyl groups is 1. The Bertz CT molecular complexity index is 241. The van der Waals surface area contributed by atoms with Crippen molar-refractivity contribution in [3.63, 3.8) is 0 Å². The van der Waals surface area contributed by atoms with E-state index in [1.807, 2.05) is 0 Å². The van der Waals surface area contributed by atoms with E-state index in [0.717, 1.165) is 15.9 Å². The molecule has 3 N–H and O–H groups in total. The van der Waals surface area contributed by atoms with Crippen LogP contribution in [0.2, 0.25) is 0 Å². The normalized spacial score (nSPS) is 9.70. The maximum atomic E-state index is 8.90. The Hall–Kier alpha value is -0.540. The lowest BCUT2D eigenvalue weighted by atomic mass is 10.3. The van der Waals surface area contributed by atoms with Crippen LogP contribution in [0.5, 0.6) is 5.75 Å². The third-order valence-electron chi connectivity index (χ3n) is 1.08. The summed E-state index contributed by atoms with van der Waals surface area (Å²) < 4.78 is 0. The van der Waals surface area contributed by atoms with E-state index in [4.69, 9.17) is 21.5 Å². The zero-order valence-corrected chi connectivity index (χ0v) is 6.62. The van der Waals surface area contributed by atoms with Gasteiger partial charge in [-0.15, -0.1) is 0 Å². The largest absolute Gasteiger partial charge is 0.508 e. The van der Waals surface area contributed by atoms with Gasteiger partial charge in [-0.25, -0.2) is 0 Å². The summed E-state index contributed by atoms with van der Waals surface area (Å²) in [5.74, 6) is 0.159. The third-order valence-corrected chi connectivity index (χ3v) is 2.11. The van der Waals surface area contributed by atoms with Crippen molar-refractivity contribution < 1.29 is 5.11 Å². The van der Waals surface area contributed by atoms with Crippen LogP contribution in [0.25, 0.3) is 0 Å². The third kappa shape index (κ3) is 1.49. The molecule has 0 saturated carbocycles. The quantitative estimate of drug-likeness (QED) is 0.644. The van der Waals surface area contributed by atoms with Gasteiger partial charge in [-0.05, 0) is 33.8 Å². The summed E-state index contributed by atoms with van der Waals surface area (Å²) in [6.45, 7) is 0. The van der Waals surface area contributed by atoms with Gasteiger partial charge in [0.05, 0.1) is 5.69 Å². The van der Waals surface area contributed by atoms with Crippen LogP contribution < -0.4 is 5.73 Å². The smallest absolute Gasteiger partial charge is 0.117 e. The standard InChI is InChI=1S/C6H6ClNOS/c7-10-6-2-1-4(9)3-5(6)8/h1-3,9H,8H2. The van der Waals surface area contributed by atoms with Crippen molar-refractivity contribution >= 4 is 27.3 Å². The van der Waals surface area contributed by atoms with Gasteiger partial charge in [0.25, 0.3) is 0 Å². The van der Waals surface area contributed by atoms with E-state index in [2.05, 4.69) is 0 Å². The van der Waals surface area contributed by atoms with Gasteiger partial charge in [0.1, 0.15) is 5.75 Å². The van der Waals surface area contributed by atoms with Crippen molar-refractivity contribution in [1.82, 2.24) is 0 Å². The van der Waals surface area contributed by atoms with Gasteiger partial charge in [0.15, 0.2) is 0 Å². The van der Waals surface area contributed by atoms with Crippen LogP contribution in [0.15, 0.2) is 23.1 Å². The van der Waals surface area contributed by atoms with Crippen molar-refractivity contribution in [3.05, 3.63) is 18.2 Å². The van der Waals surface area contributed by atoms with Crippen molar-refractivity contribution in [2.45, 2.75) is 4.90 Å². The first kappa shape index (κ1) is 7.57. The number of nitrogen functional groups attached to an aromatic ring is 1. The van der Waals surface area contributed by atoms with E-state index >= 15 is 0 Å². The Morgan fingerprint density at radius 3 is 2.70 bits per heavy atom. The Labute approximate surface area is 67.5 Å². The van der Waals surface area contributed by atoms with Gasteiger partial charge in [-0.1, -0.05) is 0 Å². The average Bonchev–Trinajstić information content (AvgIpc) is 1.88. The molecule has 54 valence electrons. The highest BCUT2D eigenvalue weighted by Gasteiger charge is 1.97. The molecule has 0 fully saturated rings. The average molecular weight is 176 g/mol. The summed E-state index contributed by atoms with van der Waals surface area (Å²) in [6, 6.07) is 4.67. The lowest BCUT2D eigenvalue weighted by Crippen LogP contribution is -1.85. The molecule has 0 aromatic heterocycles. The summed E-state index contributed by atoms with van der Waals surface area (Å²) in [7, 11) is 6.48. The van der Waals surface area contributed by atoms with Crippen molar-refractivity contribution in [1.29, 1.82) is 0 Å². The Balaban J connectivity index is 3.07. The number of hydrogen-bond acceptors (Lipinski definition) is 3. The summed E-state index contributed by atoms with van der Waals surface area (Å²) in [6.07, 6.45) is 0. The molecule has 0 amide bonds. The second kappa shape index (κ2) is 3.03. The van der Waals surface area contributed by atoms with Crippen LogP contribution >= 0.6 is 21.7 Å². The first-order valence-electron chi connectivity index (χ1n) is 2.61. The minimum absolute atomic E-state index is 0.159. The van der Waals surface area contributed by atoms with E-state index < -0.39 is 0 Å². The van der Waals surface area contributed by atoms with Crippen LogP contribution in [-0.4, -0.2) is 5.11 Å². The number of anilines is 1. The van der Waals surface area contributed by atoms with E-state index in [1.165, 1.54) is 6.07 Å². The van der Waals surface area contributed by atoms with Crippen LogP contribution in [0.3, 0.4) is 0 Å². The van der Waals surface area contributed by atoms with Crippen LogP contribution in [0.1, 0.15) is 0 Å². The zero-order chi connectivity index (χ0) is 7.56. The molecule has 1 rings (SSSR count). The Kier molecular flexibility index (Phi) is 2.29. The number of halogens is 1. The number of phenols is 1. The lowest BCUT2D eigenvalue weighted by molar-refractivity contribution is 0.475. The number of hydrogen-bond donors (Lipinski definition) is 2. The van der Waals surface area contributed by atoms with E-state index in [0.29, 0.717) is 5.69 Å². The zero-order valence-electron chi connectivity index (χ0n) is 5.04. The van der Waals surface area contributed by atoms with Crippen molar-refractivity contribution in [3.8, 4) is 5.75 Å². The molecule has 0 spiro atoms. The molecular weight excluding hydrogens is 170 g/mol. The molecule has 4 heteroatoms. The van der Waals surface area contributed by atoms with Gasteiger partial charge >= 0.3 is 0 Å². The Morgan fingerprint density at radius 2 is 2.20 bits per heavy atom. The number of rotatable bonds is 1. The summed E-state index contributed by atoms with van der Waals surface area (Å²) >= 11 is 0. The van der Waals surface area contributed by atoms with Crippen LogP contribution in [-0.2, 0) is 0 Å². The summed E-state index contributed by atoms with van der Waals surface area (Å²) in [4.78, 5) is 0.763. The molecule has 0 atom stereocenters. The second-order valence-corrected chi connectivity index (χ2v) is 2.86. The monoisotopic (exact) mass is 175 g/mol. The van der Waals surface area contributed by atoms with Gasteiger partial charge in [-0.3, -0.25) is 0 Å². The molecular formula is C6H6ClNOS. The molecule has 1 aromatic rings.